The molecule has 7 heteroatoms. The van der Waals surface area contributed by atoms with E-state index < -0.39 is 15.9 Å². The number of aryl methyl sites for hydroxylation is 2. The van der Waals surface area contributed by atoms with Gasteiger partial charge in [-0.2, -0.15) is 0 Å². The monoisotopic (exact) mass is 514 g/mol. The molecule has 0 unspecified atom stereocenters. The van der Waals surface area contributed by atoms with Crippen molar-refractivity contribution in [1.29, 1.82) is 0 Å². The number of carbonyl (C=O) groups excluding carboxylic acids is 1. The molecule has 6 rings (SSSR count). The number of rotatable bonds is 4. The van der Waals surface area contributed by atoms with Crippen LogP contribution < -0.4 is 9.62 Å². The number of hydrogen-bond acceptors (Lipinski definition) is 3. The van der Waals surface area contributed by atoms with Crippen LogP contribution in [0.4, 0.5) is 11.4 Å². The molecule has 0 fully saturated rings. The van der Waals surface area contributed by atoms with Crippen molar-refractivity contribution in [3.8, 4) is 0 Å². The van der Waals surface area contributed by atoms with Gasteiger partial charge in [-0.25, -0.2) is 8.42 Å². The molecule has 4 aromatic rings. The maximum absolute atomic E-state index is 14.0. The van der Waals surface area contributed by atoms with Crippen molar-refractivity contribution < 1.29 is 13.2 Å². The van der Waals surface area contributed by atoms with Crippen LogP contribution in [0, 0.1) is 0 Å². The number of sulfonamides is 1. The molecule has 2 aliphatic rings. The van der Waals surface area contributed by atoms with Crippen LogP contribution in [0.3, 0.4) is 0 Å². The lowest BCUT2D eigenvalue weighted by atomic mass is 9.95. The number of carbonyl (C=O) groups is 1. The molecule has 4 aromatic carbocycles. The van der Waals surface area contributed by atoms with Crippen LogP contribution in [0.5, 0.6) is 0 Å². The number of nitrogens with zero attached hydrogens (tertiary/aromatic N) is 1. The summed E-state index contributed by atoms with van der Waals surface area (Å²) in [6.07, 6.45) is 1.93. The van der Waals surface area contributed by atoms with E-state index in [0.29, 0.717) is 33.1 Å². The fourth-order valence-electron chi connectivity index (χ4n) is 5.41. The number of anilines is 2. The quantitative estimate of drug-likeness (QED) is 0.354. The number of fused-ring (bicyclic) bond motifs is 1. The molecule has 1 aliphatic heterocycles. The summed E-state index contributed by atoms with van der Waals surface area (Å²) in [5.41, 5.74) is 5.17. The minimum atomic E-state index is -4.16. The second-order valence-electron chi connectivity index (χ2n) is 8.97. The molecular weight excluding hydrogens is 492 g/mol. The van der Waals surface area contributed by atoms with Gasteiger partial charge in [0.25, 0.3) is 15.9 Å². The van der Waals surface area contributed by atoms with Crippen LogP contribution in [-0.4, -0.2) is 20.9 Å². The van der Waals surface area contributed by atoms with E-state index in [4.69, 9.17) is 11.6 Å². The zero-order valence-corrected chi connectivity index (χ0v) is 21.2. The van der Waals surface area contributed by atoms with Crippen LogP contribution in [0.2, 0.25) is 5.02 Å². The Morgan fingerprint density at radius 1 is 0.944 bits per heavy atom. The van der Waals surface area contributed by atoms with E-state index >= 15 is 0 Å². The Bertz CT molecular complexity index is 1680. The highest BCUT2D eigenvalue weighted by atomic mass is 35.5. The van der Waals surface area contributed by atoms with E-state index in [1.165, 1.54) is 15.4 Å². The SMILES string of the molecule is CCN1c2ccc(Cl)cc2C(c2ccccc2)=C(C(=O)Nc2ccc3c4c(cccc24)CC3)S1(=O)=O. The van der Waals surface area contributed by atoms with Crippen LogP contribution in [0.25, 0.3) is 16.3 Å². The fourth-order valence-corrected chi connectivity index (χ4v) is 7.34. The molecule has 0 atom stereocenters. The predicted octanol–water partition coefficient (Wildman–Crippen LogP) is 6.16. The maximum Gasteiger partial charge on any atom is 0.270 e. The Labute approximate surface area is 215 Å². The third-order valence-electron chi connectivity index (χ3n) is 6.95. The van der Waals surface area contributed by atoms with E-state index in [-0.39, 0.29) is 11.4 Å². The summed E-state index contributed by atoms with van der Waals surface area (Å²) in [4.78, 5) is 13.7. The first-order valence-electron chi connectivity index (χ1n) is 11.9. The van der Waals surface area contributed by atoms with E-state index in [2.05, 4.69) is 11.4 Å². The summed E-state index contributed by atoms with van der Waals surface area (Å²) in [5, 5.41) is 5.47. The zero-order chi connectivity index (χ0) is 25.0. The van der Waals surface area contributed by atoms with Gasteiger partial charge in [0.2, 0.25) is 0 Å². The third-order valence-corrected chi connectivity index (χ3v) is 9.13. The summed E-state index contributed by atoms with van der Waals surface area (Å²) in [6, 6.07) is 24.1. The van der Waals surface area contributed by atoms with Crippen molar-refractivity contribution in [3.63, 3.8) is 0 Å². The maximum atomic E-state index is 14.0. The van der Waals surface area contributed by atoms with Crippen molar-refractivity contribution >= 4 is 55.3 Å². The fraction of sp³-hybridized carbons (Fsp3) is 0.138. The molecule has 1 N–H and O–H groups in total. The molecule has 0 spiro atoms. The van der Waals surface area contributed by atoms with Crippen molar-refractivity contribution in [3.05, 3.63) is 111 Å². The third kappa shape index (κ3) is 3.44. The number of amides is 1. The molecular formula is C29H23ClN2O3S. The highest BCUT2D eigenvalue weighted by Crippen LogP contribution is 2.44. The molecule has 0 bridgehead atoms. The van der Waals surface area contributed by atoms with Crippen molar-refractivity contribution in [2.24, 2.45) is 0 Å². The minimum Gasteiger partial charge on any atom is -0.321 e. The van der Waals surface area contributed by atoms with E-state index in [0.717, 1.165) is 23.6 Å². The molecule has 1 aliphatic carbocycles. The van der Waals surface area contributed by atoms with Crippen molar-refractivity contribution in [2.45, 2.75) is 19.8 Å². The molecule has 0 radical (unpaired) electrons. The second kappa shape index (κ2) is 8.50. The van der Waals surface area contributed by atoms with Gasteiger partial charge in [0.15, 0.2) is 4.91 Å². The average molecular weight is 515 g/mol. The van der Waals surface area contributed by atoms with Crippen LogP contribution in [0.15, 0.2) is 83.8 Å². The van der Waals surface area contributed by atoms with E-state index in [1.807, 2.05) is 54.6 Å². The minimum absolute atomic E-state index is 0.177. The van der Waals surface area contributed by atoms with Gasteiger partial charge >= 0.3 is 0 Å². The lowest BCUT2D eigenvalue weighted by molar-refractivity contribution is -0.112. The van der Waals surface area contributed by atoms with Gasteiger partial charge in [-0.05, 0) is 66.1 Å². The predicted molar refractivity (Wildman–Crippen MR) is 146 cm³/mol. The summed E-state index contributed by atoms with van der Waals surface area (Å²) in [6.45, 7) is 1.93. The van der Waals surface area contributed by atoms with Crippen LogP contribution >= 0.6 is 11.6 Å². The lowest BCUT2D eigenvalue weighted by Crippen LogP contribution is -2.39. The number of nitrogens with one attached hydrogen (secondary N) is 1. The van der Waals surface area contributed by atoms with Gasteiger partial charge in [-0.3, -0.25) is 9.10 Å². The molecule has 1 heterocycles. The van der Waals surface area contributed by atoms with Gasteiger partial charge in [0, 0.05) is 33.8 Å². The first-order valence-corrected chi connectivity index (χ1v) is 13.7. The summed E-state index contributed by atoms with van der Waals surface area (Å²) in [5.74, 6) is -0.670. The highest BCUT2D eigenvalue weighted by Gasteiger charge is 2.41. The van der Waals surface area contributed by atoms with Gasteiger partial charge in [0.1, 0.15) is 0 Å². The normalized spacial score (nSPS) is 15.8. The molecule has 1 amide bonds. The Morgan fingerprint density at radius 2 is 1.69 bits per heavy atom. The lowest BCUT2D eigenvalue weighted by Gasteiger charge is -2.33. The molecule has 0 aromatic heterocycles. The smallest absolute Gasteiger partial charge is 0.270 e. The summed E-state index contributed by atoms with van der Waals surface area (Å²) < 4.78 is 29.2. The standard InChI is InChI=1S/C29H23ClN2O3S/c1-2-32-25-16-14-21(30)17-23(25)27(18-7-4-3-5-8-18)28(36(32,34)35)29(33)31-24-15-13-20-12-11-19-9-6-10-22(24)26(19)20/h3-10,13-17H,2,11-12H2,1H3,(H,31,33). The topological polar surface area (TPSA) is 66.5 Å². The zero-order valence-electron chi connectivity index (χ0n) is 19.6. The largest absolute Gasteiger partial charge is 0.321 e. The first kappa shape index (κ1) is 22.8. The number of benzene rings is 4. The van der Waals surface area contributed by atoms with Crippen molar-refractivity contribution in [1.82, 2.24) is 0 Å². The molecule has 0 saturated heterocycles. The molecule has 0 saturated carbocycles. The van der Waals surface area contributed by atoms with Crippen LogP contribution in [-0.2, 0) is 27.7 Å². The highest BCUT2D eigenvalue weighted by molar-refractivity contribution is 7.97. The van der Waals surface area contributed by atoms with Crippen LogP contribution in [0.1, 0.15) is 29.2 Å². The summed E-state index contributed by atoms with van der Waals surface area (Å²) >= 11 is 6.36. The molecule has 180 valence electrons. The first-order chi connectivity index (χ1) is 17.4. The second-order valence-corrected chi connectivity index (χ2v) is 11.2. The Kier molecular flexibility index (Phi) is 5.39. The Balaban J connectivity index is 1.59. The Hall–Kier alpha value is -3.61. The summed E-state index contributed by atoms with van der Waals surface area (Å²) in [7, 11) is -4.16. The number of hydrogen-bond donors (Lipinski definition) is 1. The van der Waals surface area contributed by atoms with Gasteiger partial charge < -0.3 is 5.32 Å². The van der Waals surface area contributed by atoms with E-state index in [9.17, 15) is 13.2 Å². The van der Waals surface area contributed by atoms with Gasteiger partial charge in [-0.15, -0.1) is 0 Å². The molecule has 5 nitrogen and oxygen atoms in total. The van der Waals surface area contributed by atoms with Crippen molar-refractivity contribution in [2.75, 3.05) is 16.2 Å². The molecule has 36 heavy (non-hydrogen) atoms. The van der Waals surface area contributed by atoms with Gasteiger partial charge in [-0.1, -0.05) is 66.2 Å². The number of halogens is 1. The van der Waals surface area contributed by atoms with Gasteiger partial charge in [0.05, 0.1) is 5.69 Å². The van der Waals surface area contributed by atoms with E-state index in [1.54, 1.807) is 25.1 Å². The average Bonchev–Trinajstić information content (AvgIpc) is 3.30. The Morgan fingerprint density at radius 3 is 2.44 bits per heavy atom.